The molecule has 4 atom stereocenters. The first-order valence-corrected chi connectivity index (χ1v) is 5.66. The Morgan fingerprint density at radius 1 is 1.17 bits per heavy atom. The van der Waals surface area contributed by atoms with Gasteiger partial charge in [0.1, 0.15) is 30.2 Å². The van der Waals surface area contributed by atoms with Crippen LogP contribution in [-0.2, 0) is 6.54 Å². The fraction of sp³-hybridized carbons (Fsp3) is 0.800. The molecule has 104 valence electrons. The summed E-state index contributed by atoms with van der Waals surface area (Å²) in [6, 6.07) is 0. The predicted octanol–water partition coefficient (Wildman–Crippen LogP) is -2.29. The SMILES string of the molecule is CCn1nc([C@@H](O)[C@H](O)[C@H](O)[C@H](O)CO)nc1C. The number of hydrogen-bond donors (Lipinski definition) is 5. The summed E-state index contributed by atoms with van der Waals surface area (Å²) < 4.78 is 1.53. The van der Waals surface area contributed by atoms with Crippen molar-refractivity contribution in [1.29, 1.82) is 0 Å². The highest BCUT2D eigenvalue weighted by Crippen LogP contribution is 2.17. The van der Waals surface area contributed by atoms with Gasteiger partial charge in [0.05, 0.1) is 6.61 Å². The summed E-state index contributed by atoms with van der Waals surface area (Å²) in [6.45, 7) is 3.38. The molecule has 5 N–H and O–H groups in total. The van der Waals surface area contributed by atoms with Gasteiger partial charge in [-0.2, -0.15) is 5.10 Å². The standard InChI is InChI=1S/C10H19N3O5/c1-3-13-5(2)11-10(12-13)9(18)8(17)7(16)6(15)4-14/h6-9,14-18H,3-4H2,1-2H3/t6-,7-,8-,9+/m1/s1. The largest absolute Gasteiger partial charge is 0.394 e. The maximum Gasteiger partial charge on any atom is 0.182 e. The summed E-state index contributed by atoms with van der Waals surface area (Å²) in [5.74, 6) is 0.530. The first-order valence-electron chi connectivity index (χ1n) is 5.66. The van der Waals surface area contributed by atoms with Crippen LogP contribution in [0.1, 0.15) is 24.7 Å². The van der Waals surface area contributed by atoms with Gasteiger partial charge in [-0.3, -0.25) is 4.68 Å². The van der Waals surface area contributed by atoms with Crippen LogP contribution in [0.15, 0.2) is 0 Å². The van der Waals surface area contributed by atoms with E-state index in [0.717, 1.165) is 0 Å². The first-order chi connectivity index (χ1) is 8.42. The summed E-state index contributed by atoms with van der Waals surface area (Å²) in [6.07, 6.45) is -6.44. The van der Waals surface area contributed by atoms with Gasteiger partial charge in [-0.05, 0) is 13.8 Å². The van der Waals surface area contributed by atoms with Gasteiger partial charge in [0.25, 0.3) is 0 Å². The number of aryl methyl sites for hydroxylation is 2. The van der Waals surface area contributed by atoms with Gasteiger partial charge in [0.15, 0.2) is 5.82 Å². The Labute approximate surface area is 104 Å². The lowest BCUT2D eigenvalue weighted by molar-refractivity contribution is -0.118. The fourth-order valence-electron chi connectivity index (χ4n) is 1.54. The average molecular weight is 261 g/mol. The second kappa shape index (κ2) is 6.21. The second-order valence-corrected chi connectivity index (χ2v) is 4.01. The molecule has 1 heterocycles. The molecule has 0 aliphatic carbocycles. The van der Waals surface area contributed by atoms with Crippen molar-refractivity contribution in [3.8, 4) is 0 Å². The molecular formula is C10H19N3O5. The Morgan fingerprint density at radius 3 is 2.22 bits per heavy atom. The molecule has 1 aromatic rings. The van der Waals surface area contributed by atoms with Crippen LogP contribution in [-0.4, -0.2) is 65.2 Å². The fourth-order valence-corrected chi connectivity index (χ4v) is 1.54. The smallest absolute Gasteiger partial charge is 0.182 e. The molecule has 0 aliphatic heterocycles. The van der Waals surface area contributed by atoms with Gasteiger partial charge in [-0.15, -0.1) is 0 Å². The molecule has 1 rings (SSSR count). The van der Waals surface area contributed by atoms with Gasteiger partial charge in [0.2, 0.25) is 0 Å². The highest BCUT2D eigenvalue weighted by atomic mass is 16.4. The van der Waals surface area contributed by atoms with Crippen molar-refractivity contribution >= 4 is 0 Å². The minimum Gasteiger partial charge on any atom is -0.394 e. The van der Waals surface area contributed by atoms with Crippen LogP contribution >= 0.6 is 0 Å². The van der Waals surface area contributed by atoms with E-state index in [1.54, 1.807) is 6.92 Å². The van der Waals surface area contributed by atoms with Crippen molar-refractivity contribution < 1.29 is 25.5 Å². The number of hydrogen-bond acceptors (Lipinski definition) is 7. The monoisotopic (exact) mass is 261 g/mol. The molecule has 0 aliphatic rings. The number of rotatable bonds is 6. The van der Waals surface area contributed by atoms with Crippen molar-refractivity contribution in [2.45, 2.75) is 44.8 Å². The van der Waals surface area contributed by atoms with Crippen molar-refractivity contribution in [3.63, 3.8) is 0 Å². The molecule has 0 spiro atoms. The Kier molecular flexibility index (Phi) is 5.17. The third kappa shape index (κ3) is 3.03. The van der Waals surface area contributed by atoms with Crippen LogP contribution in [0, 0.1) is 6.92 Å². The molecule has 0 saturated heterocycles. The summed E-state index contributed by atoms with van der Waals surface area (Å²) in [5.41, 5.74) is 0. The van der Waals surface area contributed by atoms with Crippen molar-refractivity contribution in [1.82, 2.24) is 14.8 Å². The van der Waals surface area contributed by atoms with Crippen LogP contribution in [0.3, 0.4) is 0 Å². The van der Waals surface area contributed by atoms with E-state index >= 15 is 0 Å². The zero-order valence-corrected chi connectivity index (χ0v) is 10.3. The quantitative estimate of drug-likeness (QED) is 0.389. The molecule has 0 amide bonds. The number of aliphatic hydroxyl groups is 5. The van der Waals surface area contributed by atoms with Crippen LogP contribution in [0.25, 0.3) is 0 Å². The number of nitrogens with zero attached hydrogens (tertiary/aromatic N) is 3. The maximum atomic E-state index is 9.80. The number of aromatic nitrogens is 3. The van der Waals surface area contributed by atoms with E-state index in [2.05, 4.69) is 10.1 Å². The number of aliphatic hydroxyl groups excluding tert-OH is 5. The molecule has 0 fully saturated rings. The lowest BCUT2D eigenvalue weighted by atomic mass is 10.0. The summed E-state index contributed by atoms with van der Waals surface area (Å²) >= 11 is 0. The van der Waals surface area contributed by atoms with Gasteiger partial charge in [-0.25, -0.2) is 4.98 Å². The molecule has 18 heavy (non-hydrogen) atoms. The van der Waals surface area contributed by atoms with Crippen molar-refractivity contribution in [3.05, 3.63) is 11.6 Å². The third-order valence-corrected chi connectivity index (χ3v) is 2.69. The normalized spacial score (nSPS) is 18.4. The molecule has 1 aromatic heterocycles. The summed E-state index contributed by atoms with van der Waals surface area (Å²) in [5, 5.41) is 50.7. The third-order valence-electron chi connectivity index (χ3n) is 2.69. The lowest BCUT2D eigenvalue weighted by Gasteiger charge is -2.23. The van der Waals surface area contributed by atoms with E-state index < -0.39 is 31.0 Å². The Morgan fingerprint density at radius 2 is 1.78 bits per heavy atom. The molecular weight excluding hydrogens is 242 g/mol. The van der Waals surface area contributed by atoms with E-state index in [-0.39, 0.29) is 5.82 Å². The van der Waals surface area contributed by atoms with Gasteiger partial charge >= 0.3 is 0 Å². The van der Waals surface area contributed by atoms with E-state index in [1.807, 2.05) is 6.92 Å². The van der Waals surface area contributed by atoms with Crippen LogP contribution < -0.4 is 0 Å². The van der Waals surface area contributed by atoms with E-state index in [9.17, 15) is 20.4 Å². The van der Waals surface area contributed by atoms with Gasteiger partial charge in [0, 0.05) is 6.54 Å². The van der Waals surface area contributed by atoms with Crippen LogP contribution in [0.2, 0.25) is 0 Å². The second-order valence-electron chi connectivity index (χ2n) is 4.01. The Hall–Kier alpha value is -1.06. The maximum absolute atomic E-state index is 9.80. The van der Waals surface area contributed by atoms with Crippen molar-refractivity contribution in [2.75, 3.05) is 6.61 Å². The molecule has 0 saturated carbocycles. The highest BCUT2D eigenvalue weighted by molar-refractivity contribution is 4.98. The van der Waals surface area contributed by atoms with Gasteiger partial charge in [-0.1, -0.05) is 0 Å². The highest BCUT2D eigenvalue weighted by Gasteiger charge is 2.33. The molecule has 8 nitrogen and oxygen atoms in total. The minimum absolute atomic E-state index is 0.0361. The molecule has 8 heteroatoms. The molecule has 0 bridgehead atoms. The minimum atomic E-state index is -1.68. The lowest BCUT2D eigenvalue weighted by Crippen LogP contribution is -2.42. The molecule has 0 radical (unpaired) electrons. The van der Waals surface area contributed by atoms with E-state index in [4.69, 9.17) is 5.11 Å². The van der Waals surface area contributed by atoms with Crippen molar-refractivity contribution in [2.24, 2.45) is 0 Å². The predicted molar refractivity (Wildman–Crippen MR) is 60.5 cm³/mol. The Bertz CT molecular complexity index is 384. The van der Waals surface area contributed by atoms with E-state index in [1.165, 1.54) is 4.68 Å². The summed E-state index contributed by atoms with van der Waals surface area (Å²) in [7, 11) is 0. The molecule has 0 aromatic carbocycles. The van der Waals surface area contributed by atoms with Crippen LogP contribution in [0.5, 0.6) is 0 Å². The average Bonchev–Trinajstić information content (AvgIpc) is 2.76. The first kappa shape index (κ1) is 15.0. The zero-order chi connectivity index (χ0) is 13.9. The van der Waals surface area contributed by atoms with Crippen LogP contribution in [0.4, 0.5) is 0 Å². The topological polar surface area (TPSA) is 132 Å². The van der Waals surface area contributed by atoms with Gasteiger partial charge < -0.3 is 25.5 Å². The zero-order valence-electron chi connectivity index (χ0n) is 10.3. The Balaban J connectivity index is 2.82. The molecule has 0 unspecified atom stereocenters. The summed E-state index contributed by atoms with van der Waals surface area (Å²) in [4.78, 5) is 3.96. The van der Waals surface area contributed by atoms with E-state index in [0.29, 0.717) is 12.4 Å².